The van der Waals surface area contributed by atoms with E-state index >= 15 is 0 Å². The molecule has 1 aromatic carbocycles. The van der Waals surface area contributed by atoms with Crippen molar-refractivity contribution < 1.29 is 24.9 Å². The van der Waals surface area contributed by atoms with Crippen LogP contribution in [-0.4, -0.2) is 46.3 Å². The fourth-order valence-electron chi connectivity index (χ4n) is 1.62. The van der Waals surface area contributed by atoms with E-state index in [1.54, 1.807) is 0 Å². The molecule has 0 spiro atoms. The lowest BCUT2D eigenvalue weighted by Crippen LogP contribution is -2.45. The first kappa shape index (κ1) is 15.8. The normalized spacial score (nSPS) is 11.8. The van der Waals surface area contributed by atoms with Crippen LogP contribution in [0.1, 0.15) is 12.5 Å². The van der Waals surface area contributed by atoms with Gasteiger partial charge in [0.1, 0.15) is 6.04 Å². The Morgan fingerprint density at radius 3 is 2.50 bits per heavy atom. The number of aliphatic carboxylic acids is 1. The highest BCUT2D eigenvalue weighted by Crippen LogP contribution is 2.25. The summed E-state index contributed by atoms with van der Waals surface area (Å²) in [5.74, 6) is -2.19. The topological polar surface area (TPSA) is 119 Å². The molecule has 7 heteroatoms. The second-order valence-electron chi connectivity index (χ2n) is 4.27. The Bertz CT molecular complexity index is 490. The highest BCUT2D eigenvalue weighted by atomic mass is 16.4. The van der Waals surface area contributed by atoms with Gasteiger partial charge < -0.3 is 26.0 Å². The molecule has 1 atom stereocenters. The number of rotatable bonds is 7. The summed E-state index contributed by atoms with van der Waals surface area (Å²) < 4.78 is 0. The van der Waals surface area contributed by atoms with E-state index in [9.17, 15) is 19.8 Å². The van der Waals surface area contributed by atoms with Crippen molar-refractivity contribution in [2.75, 3.05) is 13.1 Å². The summed E-state index contributed by atoms with van der Waals surface area (Å²) in [6, 6.07) is 2.93. The lowest BCUT2D eigenvalue weighted by atomic mass is 10.1. The predicted molar refractivity (Wildman–Crippen MR) is 71.6 cm³/mol. The van der Waals surface area contributed by atoms with Crippen molar-refractivity contribution in [3.8, 4) is 11.5 Å². The minimum Gasteiger partial charge on any atom is -0.504 e. The third kappa shape index (κ3) is 4.77. The molecule has 0 saturated heterocycles. The van der Waals surface area contributed by atoms with E-state index < -0.39 is 17.9 Å². The van der Waals surface area contributed by atoms with Gasteiger partial charge in [-0.2, -0.15) is 0 Å². The number of nitrogens with one attached hydrogen (secondary N) is 2. The van der Waals surface area contributed by atoms with Gasteiger partial charge in [-0.15, -0.1) is 0 Å². The van der Waals surface area contributed by atoms with Crippen LogP contribution in [-0.2, 0) is 16.0 Å². The zero-order valence-electron chi connectivity index (χ0n) is 11.1. The van der Waals surface area contributed by atoms with E-state index in [1.165, 1.54) is 18.2 Å². The molecule has 0 radical (unpaired) electrons. The third-order valence-corrected chi connectivity index (χ3v) is 2.65. The minimum atomic E-state index is -1.16. The van der Waals surface area contributed by atoms with Gasteiger partial charge >= 0.3 is 5.97 Å². The largest absolute Gasteiger partial charge is 0.504 e. The van der Waals surface area contributed by atoms with Gasteiger partial charge in [-0.25, -0.2) is 4.79 Å². The van der Waals surface area contributed by atoms with E-state index in [1.807, 2.05) is 6.92 Å². The lowest BCUT2D eigenvalue weighted by molar-refractivity contribution is -0.141. The Hall–Kier alpha value is -2.28. The van der Waals surface area contributed by atoms with Crippen LogP contribution < -0.4 is 10.6 Å². The van der Waals surface area contributed by atoms with Crippen molar-refractivity contribution >= 4 is 11.9 Å². The molecular formula is C13H18N2O5. The molecule has 1 rings (SSSR count). The Balaban J connectivity index is 2.69. The van der Waals surface area contributed by atoms with Crippen LogP contribution >= 0.6 is 0 Å². The van der Waals surface area contributed by atoms with Gasteiger partial charge in [0.25, 0.3) is 0 Å². The maximum Gasteiger partial charge on any atom is 0.326 e. The lowest BCUT2D eigenvalue weighted by Gasteiger charge is -2.15. The Labute approximate surface area is 116 Å². The summed E-state index contributed by atoms with van der Waals surface area (Å²) in [4.78, 5) is 22.6. The number of amides is 1. The number of aromatic hydroxyl groups is 2. The number of carboxylic acid groups (broad SMARTS) is 1. The average molecular weight is 282 g/mol. The Morgan fingerprint density at radius 2 is 1.95 bits per heavy atom. The number of carbonyl (C=O) groups is 2. The summed E-state index contributed by atoms with van der Waals surface area (Å²) in [5.41, 5.74) is 0.497. The molecule has 1 unspecified atom stereocenters. The summed E-state index contributed by atoms with van der Waals surface area (Å²) in [5, 5.41) is 32.8. The fraction of sp³-hybridized carbons (Fsp3) is 0.385. The van der Waals surface area contributed by atoms with Crippen LogP contribution in [0.3, 0.4) is 0 Å². The van der Waals surface area contributed by atoms with E-state index in [0.29, 0.717) is 12.1 Å². The van der Waals surface area contributed by atoms with Gasteiger partial charge in [0.05, 0.1) is 6.54 Å². The molecule has 7 nitrogen and oxygen atoms in total. The SMILES string of the molecule is CCNCC(=O)NC(Cc1ccc(O)c(O)c1)C(=O)O. The van der Waals surface area contributed by atoms with Crippen LogP contribution in [0.15, 0.2) is 18.2 Å². The summed E-state index contributed by atoms with van der Waals surface area (Å²) in [6.07, 6.45) is 0.0149. The molecule has 1 aromatic rings. The number of carboxylic acids is 1. The number of carbonyl (C=O) groups excluding carboxylic acids is 1. The first-order valence-electron chi connectivity index (χ1n) is 6.17. The number of likely N-dealkylation sites (N-methyl/N-ethyl adjacent to an activating group) is 1. The molecule has 0 heterocycles. The molecular weight excluding hydrogens is 264 g/mol. The van der Waals surface area contributed by atoms with Crippen molar-refractivity contribution in [2.45, 2.75) is 19.4 Å². The highest BCUT2D eigenvalue weighted by Gasteiger charge is 2.20. The molecule has 0 aliphatic heterocycles. The Morgan fingerprint density at radius 1 is 1.25 bits per heavy atom. The predicted octanol–water partition coefficient (Wildman–Crippen LogP) is -0.181. The van der Waals surface area contributed by atoms with Gasteiger partial charge in [0.15, 0.2) is 11.5 Å². The smallest absolute Gasteiger partial charge is 0.326 e. The maximum atomic E-state index is 11.5. The number of benzene rings is 1. The monoisotopic (exact) mass is 282 g/mol. The number of phenols is 2. The number of hydrogen-bond donors (Lipinski definition) is 5. The van der Waals surface area contributed by atoms with Crippen molar-refractivity contribution in [3.63, 3.8) is 0 Å². The first-order chi connectivity index (χ1) is 9.43. The quantitative estimate of drug-likeness (QED) is 0.443. The highest BCUT2D eigenvalue weighted by molar-refractivity contribution is 5.84. The fourth-order valence-corrected chi connectivity index (χ4v) is 1.62. The first-order valence-corrected chi connectivity index (χ1v) is 6.17. The molecule has 0 bridgehead atoms. The van der Waals surface area contributed by atoms with Crippen molar-refractivity contribution in [1.82, 2.24) is 10.6 Å². The molecule has 5 N–H and O–H groups in total. The molecule has 0 fully saturated rings. The molecule has 0 aliphatic carbocycles. The molecule has 0 aliphatic rings. The van der Waals surface area contributed by atoms with Crippen LogP contribution in [0.2, 0.25) is 0 Å². The number of phenolic OH excluding ortho intramolecular Hbond substituents is 2. The van der Waals surface area contributed by atoms with Gasteiger partial charge in [0, 0.05) is 6.42 Å². The summed E-state index contributed by atoms with van der Waals surface area (Å²) >= 11 is 0. The number of hydrogen-bond acceptors (Lipinski definition) is 5. The molecule has 0 aromatic heterocycles. The van der Waals surface area contributed by atoms with Crippen molar-refractivity contribution in [2.24, 2.45) is 0 Å². The molecule has 110 valence electrons. The van der Waals surface area contributed by atoms with E-state index in [4.69, 9.17) is 5.11 Å². The van der Waals surface area contributed by atoms with Crippen LogP contribution in [0.4, 0.5) is 0 Å². The van der Waals surface area contributed by atoms with Crippen LogP contribution in [0.25, 0.3) is 0 Å². The second kappa shape index (κ2) is 7.34. The second-order valence-corrected chi connectivity index (χ2v) is 4.27. The van der Waals surface area contributed by atoms with E-state index in [0.717, 1.165) is 0 Å². The average Bonchev–Trinajstić information content (AvgIpc) is 2.39. The Kier molecular flexibility index (Phi) is 5.79. The summed E-state index contributed by atoms with van der Waals surface area (Å²) in [7, 11) is 0. The van der Waals surface area contributed by atoms with Crippen molar-refractivity contribution in [3.05, 3.63) is 23.8 Å². The molecule has 1 amide bonds. The van der Waals surface area contributed by atoms with Crippen LogP contribution in [0, 0.1) is 0 Å². The van der Waals surface area contributed by atoms with Crippen molar-refractivity contribution in [1.29, 1.82) is 0 Å². The van der Waals surface area contributed by atoms with Gasteiger partial charge in [0.2, 0.25) is 5.91 Å². The standard InChI is InChI=1S/C13H18N2O5/c1-2-14-7-12(18)15-9(13(19)20)5-8-3-4-10(16)11(17)6-8/h3-4,6,9,14,16-17H,2,5,7H2,1H3,(H,15,18)(H,19,20). The molecule has 0 saturated carbocycles. The minimum absolute atomic E-state index is 0.0149. The zero-order chi connectivity index (χ0) is 15.1. The maximum absolute atomic E-state index is 11.5. The molecule has 20 heavy (non-hydrogen) atoms. The van der Waals surface area contributed by atoms with Gasteiger partial charge in [-0.05, 0) is 24.2 Å². The summed E-state index contributed by atoms with van der Waals surface area (Å²) in [6.45, 7) is 2.49. The van der Waals surface area contributed by atoms with Gasteiger partial charge in [-0.1, -0.05) is 13.0 Å². The van der Waals surface area contributed by atoms with Crippen LogP contribution in [0.5, 0.6) is 11.5 Å². The zero-order valence-corrected chi connectivity index (χ0v) is 11.1. The van der Waals surface area contributed by atoms with E-state index in [-0.39, 0.29) is 24.5 Å². The van der Waals surface area contributed by atoms with E-state index in [2.05, 4.69) is 10.6 Å². The van der Waals surface area contributed by atoms with Gasteiger partial charge in [-0.3, -0.25) is 4.79 Å². The third-order valence-electron chi connectivity index (χ3n) is 2.65.